The van der Waals surface area contributed by atoms with Crippen LogP contribution in [0.15, 0.2) is 32.7 Å². The van der Waals surface area contributed by atoms with Crippen LogP contribution in [0.4, 0.5) is 0 Å². The molecule has 0 unspecified atom stereocenters. The van der Waals surface area contributed by atoms with Crippen LogP contribution in [0.3, 0.4) is 0 Å². The molecule has 0 bridgehead atoms. The minimum atomic E-state index is -0.583. The van der Waals surface area contributed by atoms with Crippen LogP contribution in [-0.4, -0.2) is 22.8 Å². The van der Waals surface area contributed by atoms with E-state index in [1.165, 1.54) is 11.1 Å². The number of aliphatic hydroxyl groups excluding tert-OH is 1. The van der Waals surface area contributed by atoms with Crippen LogP contribution in [-0.2, 0) is 12.1 Å². The monoisotopic (exact) mass is 361 g/mol. The molecule has 0 saturated heterocycles. The molecule has 1 aromatic rings. The third kappa shape index (κ3) is 1.78. The van der Waals surface area contributed by atoms with Crippen molar-refractivity contribution >= 4 is 27.5 Å². The highest BCUT2D eigenvalue weighted by molar-refractivity contribution is 9.10. The molecule has 1 heterocycles. The number of hydrogen-bond donors (Lipinski definition) is 2. The lowest BCUT2D eigenvalue weighted by atomic mass is 9.65. The molecule has 1 atom stereocenters. The Kier molecular flexibility index (Phi) is 3.04. The fraction of sp³-hybridized carbons (Fsp3) is 0.529. The molecule has 5 heteroatoms. The summed E-state index contributed by atoms with van der Waals surface area (Å²) in [6.45, 7) is 1.94. The fourth-order valence-corrected chi connectivity index (χ4v) is 4.78. The topological polar surface area (TPSA) is 71.0 Å². The van der Waals surface area contributed by atoms with Crippen molar-refractivity contribution in [3.05, 3.63) is 33.8 Å². The smallest absolute Gasteiger partial charge is 0.184 e. The Morgan fingerprint density at radius 2 is 2.00 bits per heavy atom. The number of hydrogen-bond acceptors (Lipinski definition) is 4. The van der Waals surface area contributed by atoms with Gasteiger partial charge < -0.3 is 10.8 Å². The lowest BCUT2D eigenvalue weighted by molar-refractivity contribution is 0.0233. The zero-order valence-corrected chi connectivity index (χ0v) is 14.2. The second-order valence-electron chi connectivity index (χ2n) is 6.86. The minimum Gasteiger partial charge on any atom is -0.393 e. The molecule has 1 aromatic carbocycles. The molecule has 0 aromatic heterocycles. The number of nitrogens with zero attached hydrogens (tertiary/aromatic N) is 2. The largest absolute Gasteiger partial charge is 0.393 e. The highest BCUT2D eigenvalue weighted by Gasteiger charge is 2.60. The Hall–Kier alpha value is -1.20. The molecule has 2 spiro atoms. The van der Waals surface area contributed by atoms with Crippen molar-refractivity contribution in [1.82, 2.24) is 0 Å². The van der Waals surface area contributed by atoms with E-state index in [1.54, 1.807) is 0 Å². The first-order chi connectivity index (χ1) is 10.5. The van der Waals surface area contributed by atoms with Gasteiger partial charge in [0.1, 0.15) is 5.84 Å². The van der Waals surface area contributed by atoms with Crippen LogP contribution in [0.25, 0.3) is 0 Å². The third-order valence-corrected chi connectivity index (χ3v) is 6.10. The summed E-state index contributed by atoms with van der Waals surface area (Å²) >= 11 is 3.58. The SMILES string of the molecule is CC1=N[C@]2(N=C1N)c1cc(Br)ccc1CC21CCC(O)CC1. The van der Waals surface area contributed by atoms with E-state index >= 15 is 0 Å². The second-order valence-corrected chi connectivity index (χ2v) is 7.77. The minimum absolute atomic E-state index is 0.0439. The Morgan fingerprint density at radius 1 is 1.27 bits per heavy atom. The number of aliphatic hydroxyl groups is 1. The summed E-state index contributed by atoms with van der Waals surface area (Å²) in [6.07, 6.45) is 4.30. The highest BCUT2D eigenvalue weighted by Crippen LogP contribution is 2.61. The molecule has 1 saturated carbocycles. The van der Waals surface area contributed by atoms with E-state index in [0.29, 0.717) is 5.84 Å². The molecular weight excluding hydrogens is 342 g/mol. The summed E-state index contributed by atoms with van der Waals surface area (Å²) in [5.41, 5.74) is 8.80. The third-order valence-electron chi connectivity index (χ3n) is 5.61. The first-order valence-corrected chi connectivity index (χ1v) is 8.64. The summed E-state index contributed by atoms with van der Waals surface area (Å²) in [5.74, 6) is 0.554. The number of aliphatic imine (C=N–C) groups is 2. The van der Waals surface area contributed by atoms with Gasteiger partial charge in [-0.3, -0.25) is 4.99 Å². The number of halogens is 1. The van der Waals surface area contributed by atoms with Crippen molar-refractivity contribution in [3.63, 3.8) is 0 Å². The first-order valence-electron chi connectivity index (χ1n) is 7.85. The van der Waals surface area contributed by atoms with Crippen molar-refractivity contribution in [1.29, 1.82) is 0 Å². The van der Waals surface area contributed by atoms with Gasteiger partial charge in [0.25, 0.3) is 0 Å². The molecular formula is C17H20BrN3O. The Labute approximate surface area is 138 Å². The summed E-state index contributed by atoms with van der Waals surface area (Å²) in [5, 5.41) is 9.95. The molecule has 22 heavy (non-hydrogen) atoms. The highest BCUT2D eigenvalue weighted by atomic mass is 79.9. The van der Waals surface area contributed by atoms with Gasteiger partial charge in [-0.15, -0.1) is 0 Å². The van der Waals surface area contributed by atoms with Crippen LogP contribution in [0, 0.1) is 5.41 Å². The quantitative estimate of drug-likeness (QED) is 0.745. The van der Waals surface area contributed by atoms with Crippen molar-refractivity contribution in [3.8, 4) is 0 Å². The number of nitrogens with two attached hydrogens (primary N) is 1. The summed E-state index contributed by atoms with van der Waals surface area (Å²) < 4.78 is 1.05. The van der Waals surface area contributed by atoms with Gasteiger partial charge in [-0.25, -0.2) is 4.99 Å². The van der Waals surface area contributed by atoms with Gasteiger partial charge in [0.05, 0.1) is 11.8 Å². The molecule has 4 rings (SSSR count). The normalized spacial score (nSPS) is 36.6. The average molecular weight is 362 g/mol. The van der Waals surface area contributed by atoms with E-state index in [0.717, 1.165) is 42.3 Å². The van der Waals surface area contributed by atoms with Gasteiger partial charge >= 0.3 is 0 Å². The number of amidine groups is 1. The second kappa shape index (κ2) is 4.65. The number of fused-ring (bicyclic) bond motifs is 3. The molecule has 3 N–H and O–H groups in total. The van der Waals surface area contributed by atoms with Gasteiger partial charge in [0.15, 0.2) is 5.66 Å². The predicted octanol–water partition coefficient (Wildman–Crippen LogP) is 2.91. The molecule has 0 amide bonds. The van der Waals surface area contributed by atoms with E-state index in [1.807, 2.05) is 6.92 Å². The van der Waals surface area contributed by atoms with Crippen LogP contribution in [0.2, 0.25) is 0 Å². The van der Waals surface area contributed by atoms with Gasteiger partial charge in [-0.1, -0.05) is 22.0 Å². The Balaban J connectivity index is 1.92. The van der Waals surface area contributed by atoms with Crippen LogP contribution in [0.5, 0.6) is 0 Å². The zero-order valence-electron chi connectivity index (χ0n) is 12.6. The van der Waals surface area contributed by atoms with Crippen molar-refractivity contribution < 1.29 is 5.11 Å². The molecule has 4 nitrogen and oxygen atoms in total. The van der Waals surface area contributed by atoms with Crippen LogP contribution < -0.4 is 5.73 Å². The van der Waals surface area contributed by atoms with Crippen molar-refractivity contribution in [2.45, 2.75) is 50.8 Å². The van der Waals surface area contributed by atoms with Gasteiger partial charge in [0, 0.05) is 15.5 Å². The molecule has 1 aliphatic heterocycles. The molecule has 3 aliphatic rings. The lowest BCUT2D eigenvalue weighted by Gasteiger charge is -2.44. The van der Waals surface area contributed by atoms with Crippen LogP contribution in [0.1, 0.15) is 43.7 Å². The van der Waals surface area contributed by atoms with Crippen LogP contribution >= 0.6 is 15.9 Å². The molecule has 0 radical (unpaired) electrons. The fourth-order valence-electron chi connectivity index (χ4n) is 4.42. The van der Waals surface area contributed by atoms with E-state index in [9.17, 15) is 5.11 Å². The number of benzene rings is 1. The Morgan fingerprint density at radius 3 is 2.64 bits per heavy atom. The Bertz CT molecular complexity index is 684. The summed E-state index contributed by atoms with van der Waals surface area (Å²) in [7, 11) is 0. The maximum absolute atomic E-state index is 9.95. The van der Waals surface area contributed by atoms with E-state index in [-0.39, 0.29) is 11.5 Å². The molecule has 2 aliphatic carbocycles. The standard InChI is InChI=1S/C17H20BrN3O/c1-10-15(19)21-17(20-10)14-8-12(18)3-2-11(14)9-16(17)6-4-13(22)5-7-16/h2-3,8,13,22H,4-7,9H2,1H3,(H2,19,21)/t13?,16?,17-/m0/s1. The predicted molar refractivity (Wildman–Crippen MR) is 91.2 cm³/mol. The first kappa shape index (κ1) is 14.4. The van der Waals surface area contributed by atoms with Crippen molar-refractivity contribution in [2.24, 2.45) is 21.1 Å². The summed E-state index contributed by atoms with van der Waals surface area (Å²) in [6, 6.07) is 6.41. The number of rotatable bonds is 0. The molecule has 1 fully saturated rings. The average Bonchev–Trinajstić information content (AvgIpc) is 2.92. The van der Waals surface area contributed by atoms with E-state index in [2.05, 4.69) is 34.1 Å². The zero-order chi connectivity index (χ0) is 15.5. The van der Waals surface area contributed by atoms with Gasteiger partial charge in [-0.05, 0) is 56.7 Å². The summed E-state index contributed by atoms with van der Waals surface area (Å²) in [4.78, 5) is 9.84. The lowest BCUT2D eigenvalue weighted by Crippen LogP contribution is -2.43. The maximum atomic E-state index is 9.95. The molecule has 116 valence electrons. The van der Waals surface area contributed by atoms with Gasteiger partial charge in [-0.2, -0.15) is 0 Å². The van der Waals surface area contributed by atoms with E-state index in [4.69, 9.17) is 15.7 Å². The maximum Gasteiger partial charge on any atom is 0.184 e. The van der Waals surface area contributed by atoms with Gasteiger partial charge in [0.2, 0.25) is 0 Å². The van der Waals surface area contributed by atoms with Crippen molar-refractivity contribution in [2.75, 3.05) is 0 Å². The van der Waals surface area contributed by atoms with E-state index < -0.39 is 5.66 Å².